The molecular formula is C11H10F3NO2. The first-order chi connectivity index (χ1) is 7.89. The van der Waals surface area contributed by atoms with Crippen molar-refractivity contribution in [2.75, 3.05) is 11.9 Å². The van der Waals surface area contributed by atoms with Gasteiger partial charge in [-0.05, 0) is 18.1 Å². The largest absolute Gasteiger partial charge is 0.481 e. The van der Waals surface area contributed by atoms with E-state index in [-0.39, 0.29) is 18.7 Å². The number of halogens is 3. The van der Waals surface area contributed by atoms with Gasteiger partial charge in [0.15, 0.2) is 0 Å². The molecule has 0 aliphatic carbocycles. The van der Waals surface area contributed by atoms with E-state index in [9.17, 15) is 18.0 Å². The van der Waals surface area contributed by atoms with E-state index in [0.717, 1.165) is 6.07 Å². The van der Waals surface area contributed by atoms with Crippen molar-refractivity contribution in [1.29, 1.82) is 0 Å². The number of nitrogens with one attached hydrogen (secondary N) is 1. The second-order valence-corrected chi connectivity index (χ2v) is 3.96. The van der Waals surface area contributed by atoms with E-state index in [1.807, 2.05) is 0 Å². The van der Waals surface area contributed by atoms with Gasteiger partial charge in [-0.15, -0.1) is 0 Å². The zero-order valence-corrected chi connectivity index (χ0v) is 8.71. The fourth-order valence-corrected chi connectivity index (χ4v) is 1.95. The third-order valence-electron chi connectivity index (χ3n) is 2.80. The van der Waals surface area contributed by atoms with Crippen LogP contribution in [0.1, 0.15) is 11.1 Å². The Morgan fingerprint density at radius 1 is 1.41 bits per heavy atom. The van der Waals surface area contributed by atoms with Crippen LogP contribution in [0, 0.1) is 5.92 Å². The highest BCUT2D eigenvalue weighted by Crippen LogP contribution is 2.38. The van der Waals surface area contributed by atoms with Crippen molar-refractivity contribution >= 4 is 11.7 Å². The Balaban J connectivity index is 2.39. The summed E-state index contributed by atoms with van der Waals surface area (Å²) in [6, 6.07) is 3.81. The standard InChI is InChI=1S/C11H10F3NO2/c12-11(13,14)8-3-1-2-6-4-7(10(16)17)5-15-9(6)8/h1-3,7,15H,4-5H2,(H,16,17). The molecule has 92 valence electrons. The van der Waals surface area contributed by atoms with Crippen molar-refractivity contribution < 1.29 is 23.1 Å². The van der Waals surface area contributed by atoms with Gasteiger partial charge in [0.05, 0.1) is 11.5 Å². The summed E-state index contributed by atoms with van der Waals surface area (Å²) in [7, 11) is 0. The van der Waals surface area contributed by atoms with E-state index in [1.54, 1.807) is 0 Å². The molecule has 1 unspecified atom stereocenters. The summed E-state index contributed by atoms with van der Waals surface area (Å²) in [6.45, 7) is 0.0232. The normalized spacial score (nSPS) is 19.4. The molecule has 0 aromatic heterocycles. The minimum Gasteiger partial charge on any atom is -0.481 e. The molecule has 1 atom stereocenters. The molecule has 17 heavy (non-hydrogen) atoms. The maximum Gasteiger partial charge on any atom is 0.418 e. The molecule has 0 radical (unpaired) electrons. The van der Waals surface area contributed by atoms with Crippen LogP contribution in [-0.2, 0) is 17.4 Å². The van der Waals surface area contributed by atoms with Crippen LogP contribution < -0.4 is 5.32 Å². The van der Waals surface area contributed by atoms with Gasteiger partial charge in [0.2, 0.25) is 0 Å². The molecule has 0 fully saturated rings. The summed E-state index contributed by atoms with van der Waals surface area (Å²) < 4.78 is 38.0. The van der Waals surface area contributed by atoms with Crippen LogP contribution >= 0.6 is 0 Å². The molecule has 1 aromatic carbocycles. The molecular weight excluding hydrogens is 235 g/mol. The van der Waals surface area contributed by atoms with E-state index in [0.29, 0.717) is 5.56 Å². The molecule has 3 nitrogen and oxygen atoms in total. The minimum absolute atomic E-state index is 0.0116. The zero-order valence-electron chi connectivity index (χ0n) is 8.71. The topological polar surface area (TPSA) is 49.3 Å². The molecule has 0 bridgehead atoms. The minimum atomic E-state index is -4.42. The number of anilines is 1. The third-order valence-corrected chi connectivity index (χ3v) is 2.80. The lowest BCUT2D eigenvalue weighted by Gasteiger charge is -2.26. The van der Waals surface area contributed by atoms with Crippen molar-refractivity contribution in [2.24, 2.45) is 5.92 Å². The molecule has 2 rings (SSSR count). The third kappa shape index (κ3) is 2.20. The number of hydrogen-bond donors (Lipinski definition) is 2. The van der Waals surface area contributed by atoms with Gasteiger partial charge in [-0.3, -0.25) is 4.79 Å². The molecule has 0 saturated carbocycles. The van der Waals surface area contributed by atoms with Gasteiger partial charge in [-0.25, -0.2) is 0 Å². The summed E-state index contributed by atoms with van der Waals surface area (Å²) >= 11 is 0. The predicted octanol–water partition coefficient (Wildman–Crippen LogP) is 2.37. The number of carboxylic acid groups (broad SMARTS) is 1. The Kier molecular flexibility index (Phi) is 2.73. The van der Waals surface area contributed by atoms with Crippen molar-refractivity contribution in [3.8, 4) is 0 Å². The lowest BCUT2D eigenvalue weighted by Crippen LogP contribution is -2.30. The number of rotatable bonds is 1. The highest BCUT2D eigenvalue weighted by Gasteiger charge is 2.36. The van der Waals surface area contributed by atoms with Crippen molar-refractivity contribution in [3.63, 3.8) is 0 Å². The van der Waals surface area contributed by atoms with E-state index < -0.39 is 23.6 Å². The smallest absolute Gasteiger partial charge is 0.418 e. The Hall–Kier alpha value is -1.72. The van der Waals surface area contributed by atoms with E-state index in [4.69, 9.17) is 5.11 Å². The summed E-state index contributed by atoms with van der Waals surface area (Å²) in [6.07, 6.45) is -4.30. The number of para-hydroxylation sites is 1. The predicted molar refractivity (Wildman–Crippen MR) is 54.8 cm³/mol. The maximum atomic E-state index is 12.7. The van der Waals surface area contributed by atoms with Crippen LogP contribution in [0.5, 0.6) is 0 Å². The van der Waals surface area contributed by atoms with E-state index in [2.05, 4.69) is 5.32 Å². The lowest BCUT2D eigenvalue weighted by atomic mass is 9.92. The van der Waals surface area contributed by atoms with Crippen LogP contribution in [0.15, 0.2) is 18.2 Å². The zero-order chi connectivity index (χ0) is 12.6. The fraction of sp³-hybridized carbons (Fsp3) is 0.364. The Bertz CT molecular complexity index is 457. The molecule has 0 saturated heterocycles. The van der Waals surface area contributed by atoms with E-state index in [1.165, 1.54) is 12.1 Å². The van der Waals surface area contributed by atoms with E-state index >= 15 is 0 Å². The first-order valence-electron chi connectivity index (χ1n) is 5.05. The Morgan fingerprint density at radius 2 is 2.12 bits per heavy atom. The van der Waals surface area contributed by atoms with Gasteiger partial charge in [0, 0.05) is 12.2 Å². The first kappa shape index (κ1) is 11.8. The molecule has 0 spiro atoms. The van der Waals surface area contributed by atoms with Crippen LogP contribution in [0.3, 0.4) is 0 Å². The van der Waals surface area contributed by atoms with Crippen molar-refractivity contribution in [3.05, 3.63) is 29.3 Å². The Morgan fingerprint density at radius 3 is 2.71 bits per heavy atom. The molecule has 6 heteroatoms. The summed E-state index contributed by atoms with van der Waals surface area (Å²) in [4.78, 5) is 10.8. The number of carboxylic acids is 1. The van der Waals surface area contributed by atoms with Gasteiger partial charge in [-0.2, -0.15) is 13.2 Å². The summed E-state index contributed by atoms with van der Waals surface area (Å²) in [5.41, 5.74) is -0.324. The number of aliphatic carboxylic acids is 1. The highest BCUT2D eigenvalue weighted by molar-refractivity contribution is 5.74. The molecule has 1 aliphatic rings. The average molecular weight is 245 g/mol. The van der Waals surface area contributed by atoms with Gasteiger partial charge in [-0.1, -0.05) is 12.1 Å². The van der Waals surface area contributed by atoms with Crippen LogP contribution in [-0.4, -0.2) is 17.6 Å². The van der Waals surface area contributed by atoms with Gasteiger partial charge in [0.25, 0.3) is 0 Å². The molecule has 1 aromatic rings. The number of benzene rings is 1. The second-order valence-electron chi connectivity index (χ2n) is 3.96. The van der Waals surface area contributed by atoms with Gasteiger partial charge >= 0.3 is 12.1 Å². The molecule has 1 aliphatic heterocycles. The summed E-state index contributed by atoms with van der Waals surface area (Å²) in [5.74, 6) is -1.67. The van der Waals surface area contributed by atoms with Gasteiger partial charge in [0.1, 0.15) is 0 Å². The van der Waals surface area contributed by atoms with Crippen LogP contribution in [0.4, 0.5) is 18.9 Å². The first-order valence-corrected chi connectivity index (χ1v) is 5.05. The van der Waals surface area contributed by atoms with Crippen LogP contribution in [0.25, 0.3) is 0 Å². The second kappa shape index (κ2) is 3.94. The molecule has 0 amide bonds. The van der Waals surface area contributed by atoms with Crippen molar-refractivity contribution in [2.45, 2.75) is 12.6 Å². The van der Waals surface area contributed by atoms with Gasteiger partial charge < -0.3 is 10.4 Å². The lowest BCUT2D eigenvalue weighted by molar-refractivity contribution is -0.141. The molecule has 2 N–H and O–H groups in total. The monoisotopic (exact) mass is 245 g/mol. The quantitative estimate of drug-likeness (QED) is 0.798. The average Bonchev–Trinajstić information content (AvgIpc) is 2.26. The van der Waals surface area contributed by atoms with Crippen molar-refractivity contribution in [1.82, 2.24) is 0 Å². The number of carbonyl (C=O) groups is 1. The highest BCUT2D eigenvalue weighted by atomic mass is 19.4. The summed E-state index contributed by atoms with van der Waals surface area (Å²) in [5, 5.41) is 11.4. The fourth-order valence-electron chi connectivity index (χ4n) is 1.95. The Labute approximate surface area is 95.3 Å². The SMILES string of the molecule is O=C(O)C1CNc2c(cccc2C(F)(F)F)C1. The number of alkyl halides is 3. The number of fused-ring (bicyclic) bond motifs is 1. The molecule has 1 heterocycles. The maximum absolute atomic E-state index is 12.7. The van der Waals surface area contributed by atoms with Crippen LogP contribution in [0.2, 0.25) is 0 Å². The number of hydrogen-bond acceptors (Lipinski definition) is 2.